The smallest absolute Gasteiger partial charge is 0.416 e. The third-order valence-corrected chi connectivity index (χ3v) is 3.92. The van der Waals surface area contributed by atoms with Crippen molar-refractivity contribution in [2.24, 2.45) is 4.99 Å². The van der Waals surface area contributed by atoms with Gasteiger partial charge in [-0.05, 0) is 18.1 Å². The first-order chi connectivity index (χ1) is 13.1. The van der Waals surface area contributed by atoms with Gasteiger partial charge >= 0.3 is 12.2 Å². The van der Waals surface area contributed by atoms with E-state index in [0.29, 0.717) is 28.2 Å². The Morgan fingerprint density at radius 2 is 2.07 bits per heavy atom. The molecule has 3 aromatic heterocycles. The lowest BCUT2D eigenvalue weighted by atomic mass is 10.1. The zero-order valence-electron chi connectivity index (χ0n) is 14.6. The number of nitrogens with one attached hydrogen (secondary N) is 1. The number of hydrogen-bond acceptors (Lipinski definition) is 4. The maximum Gasteiger partial charge on any atom is 0.416 e. The second-order valence-corrected chi connectivity index (χ2v) is 6.49. The van der Waals surface area contributed by atoms with Crippen LogP contribution in [0, 0.1) is 0 Å². The van der Waals surface area contributed by atoms with Crippen LogP contribution in [0.2, 0.25) is 5.15 Å². The van der Waals surface area contributed by atoms with Crippen LogP contribution in [-0.2, 0) is 6.18 Å². The summed E-state index contributed by atoms with van der Waals surface area (Å²) in [5.41, 5.74) is -0.348. The lowest BCUT2D eigenvalue weighted by Gasteiger charge is -2.14. The predicted octanol–water partition coefficient (Wildman–Crippen LogP) is 3.70. The standard InChI is InChI=1S/C16H14ClF3N6O2/c1-8(2)14-10(7-21-12-6-11(17)24-26(12)14)22-15(27)23-13-5-9(16(18,19)20)3-4-25(13)28/h3-8,28H,1-2H3,(H,22,27)/b23-13-. The van der Waals surface area contributed by atoms with E-state index in [0.717, 1.165) is 6.20 Å². The number of anilines is 1. The number of halogens is 4. The predicted molar refractivity (Wildman–Crippen MR) is 93.3 cm³/mol. The van der Waals surface area contributed by atoms with Crippen molar-refractivity contribution in [1.82, 2.24) is 19.3 Å². The first kappa shape index (κ1) is 19.7. The van der Waals surface area contributed by atoms with Gasteiger partial charge in [0.05, 0.1) is 23.1 Å². The van der Waals surface area contributed by atoms with Crippen LogP contribution >= 0.6 is 11.6 Å². The van der Waals surface area contributed by atoms with Gasteiger partial charge in [-0.15, -0.1) is 0 Å². The summed E-state index contributed by atoms with van der Waals surface area (Å²) in [6, 6.07) is 1.76. The van der Waals surface area contributed by atoms with E-state index >= 15 is 0 Å². The van der Waals surface area contributed by atoms with Gasteiger partial charge < -0.3 is 10.5 Å². The van der Waals surface area contributed by atoms with Crippen LogP contribution in [0.25, 0.3) is 5.65 Å². The molecule has 12 heteroatoms. The zero-order chi connectivity index (χ0) is 20.6. The van der Waals surface area contributed by atoms with E-state index in [1.54, 1.807) is 6.07 Å². The summed E-state index contributed by atoms with van der Waals surface area (Å²) in [6.07, 6.45) is -2.53. The number of carbonyl (C=O) groups is 1. The lowest BCUT2D eigenvalue weighted by Crippen LogP contribution is -2.24. The van der Waals surface area contributed by atoms with Crippen LogP contribution in [0.15, 0.2) is 35.6 Å². The molecule has 0 atom stereocenters. The molecular formula is C16H14ClF3N6O2. The van der Waals surface area contributed by atoms with Crippen molar-refractivity contribution < 1.29 is 23.2 Å². The third kappa shape index (κ3) is 3.93. The summed E-state index contributed by atoms with van der Waals surface area (Å²) in [5.74, 6) is -0.104. The van der Waals surface area contributed by atoms with Crippen molar-refractivity contribution in [3.63, 3.8) is 0 Å². The Balaban J connectivity index is 2.00. The maximum absolute atomic E-state index is 12.8. The first-order valence-electron chi connectivity index (χ1n) is 7.95. The molecule has 28 heavy (non-hydrogen) atoms. The molecule has 0 spiro atoms. The second kappa shape index (κ2) is 7.15. The van der Waals surface area contributed by atoms with Gasteiger partial charge in [-0.25, -0.2) is 14.3 Å². The molecule has 0 unspecified atom stereocenters. The Bertz CT molecular complexity index is 1120. The Morgan fingerprint density at radius 1 is 1.36 bits per heavy atom. The second-order valence-electron chi connectivity index (χ2n) is 6.11. The number of carbonyl (C=O) groups excluding carboxylic acids is 1. The van der Waals surface area contributed by atoms with E-state index in [-0.39, 0.29) is 16.8 Å². The summed E-state index contributed by atoms with van der Waals surface area (Å²) in [5, 5.41) is 16.4. The number of nitrogens with zero attached hydrogens (tertiary/aromatic N) is 5. The molecule has 0 saturated carbocycles. The lowest BCUT2D eigenvalue weighted by molar-refractivity contribution is -0.137. The molecule has 3 rings (SSSR count). The molecule has 8 nitrogen and oxygen atoms in total. The highest BCUT2D eigenvalue weighted by molar-refractivity contribution is 6.29. The minimum Gasteiger partial charge on any atom is -0.427 e. The molecule has 2 amide bonds. The minimum absolute atomic E-state index is 0.104. The summed E-state index contributed by atoms with van der Waals surface area (Å²) >= 11 is 5.89. The van der Waals surface area contributed by atoms with Crippen molar-refractivity contribution >= 4 is 29.0 Å². The average Bonchev–Trinajstić information content (AvgIpc) is 2.95. The highest BCUT2D eigenvalue weighted by Gasteiger charge is 2.30. The molecule has 0 fully saturated rings. The summed E-state index contributed by atoms with van der Waals surface area (Å²) < 4.78 is 40.2. The molecule has 2 N–H and O–H groups in total. The van der Waals surface area contributed by atoms with Crippen LogP contribution in [0.3, 0.4) is 0 Å². The number of fused-ring (bicyclic) bond motifs is 1. The number of amides is 2. The molecule has 0 saturated heterocycles. The van der Waals surface area contributed by atoms with Crippen molar-refractivity contribution in [2.45, 2.75) is 25.9 Å². The molecular weight excluding hydrogens is 401 g/mol. The van der Waals surface area contributed by atoms with Gasteiger partial charge in [-0.2, -0.15) is 28.0 Å². The fourth-order valence-corrected chi connectivity index (χ4v) is 2.74. The Morgan fingerprint density at radius 3 is 2.71 bits per heavy atom. The molecule has 3 aromatic rings. The number of hydrogen-bond donors (Lipinski definition) is 2. The number of urea groups is 1. The highest BCUT2D eigenvalue weighted by Crippen LogP contribution is 2.28. The SMILES string of the molecule is CC(C)c1c(NC(=O)/N=c2/cc(C(F)(F)F)ccn2O)cnc2cc(Cl)nn12. The van der Waals surface area contributed by atoms with E-state index in [9.17, 15) is 23.2 Å². The Kier molecular flexibility index (Phi) is 5.02. The molecule has 0 aliphatic rings. The van der Waals surface area contributed by atoms with Crippen LogP contribution in [-0.4, -0.2) is 30.6 Å². The van der Waals surface area contributed by atoms with Gasteiger partial charge in [0.2, 0.25) is 0 Å². The van der Waals surface area contributed by atoms with Crippen LogP contribution < -0.4 is 10.8 Å². The highest BCUT2D eigenvalue weighted by atomic mass is 35.5. The molecule has 0 aromatic carbocycles. The fourth-order valence-electron chi connectivity index (χ4n) is 2.56. The van der Waals surface area contributed by atoms with Crippen molar-refractivity contribution in [2.75, 3.05) is 5.32 Å². The Hall–Kier alpha value is -3.08. The molecule has 0 bridgehead atoms. The zero-order valence-corrected chi connectivity index (χ0v) is 15.3. The molecule has 0 aliphatic carbocycles. The van der Waals surface area contributed by atoms with E-state index < -0.39 is 23.3 Å². The van der Waals surface area contributed by atoms with Crippen molar-refractivity contribution in [3.8, 4) is 0 Å². The van der Waals surface area contributed by atoms with Crippen LogP contribution in [0.1, 0.15) is 31.0 Å². The molecule has 3 heterocycles. The van der Waals surface area contributed by atoms with Gasteiger partial charge in [-0.3, -0.25) is 0 Å². The van der Waals surface area contributed by atoms with Gasteiger partial charge in [0, 0.05) is 12.3 Å². The van der Waals surface area contributed by atoms with E-state index in [1.807, 2.05) is 13.8 Å². The van der Waals surface area contributed by atoms with Crippen LogP contribution in [0.4, 0.5) is 23.7 Å². The van der Waals surface area contributed by atoms with E-state index in [4.69, 9.17) is 11.6 Å². The number of rotatable bonds is 2. The summed E-state index contributed by atoms with van der Waals surface area (Å²) in [6.45, 7) is 3.71. The summed E-state index contributed by atoms with van der Waals surface area (Å²) in [7, 11) is 0. The Labute approximate surface area is 160 Å². The monoisotopic (exact) mass is 414 g/mol. The average molecular weight is 415 g/mol. The fraction of sp³-hybridized carbons (Fsp3) is 0.250. The number of aromatic nitrogens is 4. The van der Waals surface area contributed by atoms with E-state index in [2.05, 4.69) is 20.4 Å². The largest absolute Gasteiger partial charge is 0.427 e. The van der Waals surface area contributed by atoms with E-state index in [1.165, 1.54) is 10.7 Å². The number of pyridine rings is 1. The minimum atomic E-state index is -4.64. The van der Waals surface area contributed by atoms with Crippen molar-refractivity contribution in [3.05, 3.63) is 52.5 Å². The summed E-state index contributed by atoms with van der Waals surface area (Å²) in [4.78, 5) is 19.9. The normalized spacial score (nSPS) is 12.8. The van der Waals surface area contributed by atoms with Gasteiger partial charge in [0.25, 0.3) is 0 Å². The molecule has 0 radical (unpaired) electrons. The van der Waals surface area contributed by atoms with Gasteiger partial charge in [0.1, 0.15) is 0 Å². The van der Waals surface area contributed by atoms with Gasteiger partial charge in [-0.1, -0.05) is 25.4 Å². The first-order valence-corrected chi connectivity index (χ1v) is 8.33. The van der Waals surface area contributed by atoms with Gasteiger partial charge in [0.15, 0.2) is 16.3 Å². The van der Waals surface area contributed by atoms with Crippen LogP contribution in [0.5, 0.6) is 0 Å². The topological polar surface area (TPSA) is 96.8 Å². The molecule has 148 valence electrons. The quantitative estimate of drug-likeness (QED) is 0.625. The maximum atomic E-state index is 12.8. The van der Waals surface area contributed by atoms with Crippen molar-refractivity contribution in [1.29, 1.82) is 0 Å². The third-order valence-electron chi connectivity index (χ3n) is 3.74. The molecule has 0 aliphatic heterocycles. The number of alkyl halides is 3.